The molecule has 0 radical (unpaired) electrons. The van der Waals surface area contributed by atoms with Gasteiger partial charge in [0.2, 0.25) is 0 Å². The largest absolute Gasteiger partial charge is 0.496 e. The Kier molecular flexibility index (Phi) is 4.71. The fraction of sp³-hybridized carbons (Fsp3) is 0.296. The maximum atomic E-state index is 11.7. The zero-order valence-corrected chi connectivity index (χ0v) is 18.4. The molecule has 3 aromatic rings. The average Bonchev–Trinajstić information content (AvgIpc) is 3.11. The zero-order chi connectivity index (χ0) is 21.0. The first-order valence-corrected chi connectivity index (χ1v) is 11.0. The molecular weight excluding hydrogens is 392 g/mol. The fourth-order valence-corrected chi connectivity index (χ4v) is 5.30. The third-order valence-corrected chi connectivity index (χ3v) is 7.16. The molecule has 0 aliphatic heterocycles. The molecule has 2 aliphatic carbocycles. The SMILES string of the molecule is CCc1cc2c(c(-c3cc(Cl)c(C)c(C4CC(=O)C4)c3OC)c1)Cc1ccccc1-2. The average molecular weight is 417 g/mol. The molecule has 0 saturated heterocycles. The van der Waals surface area contributed by atoms with E-state index in [1.54, 1.807) is 7.11 Å². The molecule has 30 heavy (non-hydrogen) atoms. The Bertz CT molecular complexity index is 1180. The summed E-state index contributed by atoms with van der Waals surface area (Å²) in [5.41, 5.74) is 11.0. The van der Waals surface area contributed by atoms with E-state index in [0.29, 0.717) is 18.6 Å². The molecule has 2 aliphatic rings. The van der Waals surface area contributed by atoms with Crippen molar-refractivity contribution in [2.45, 2.75) is 45.4 Å². The molecule has 0 N–H and O–H groups in total. The number of carbonyl (C=O) groups is 1. The molecule has 5 rings (SSSR count). The van der Waals surface area contributed by atoms with Crippen LogP contribution in [-0.4, -0.2) is 12.9 Å². The van der Waals surface area contributed by atoms with E-state index in [0.717, 1.165) is 40.3 Å². The molecule has 1 saturated carbocycles. The van der Waals surface area contributed by atoms with Crippen LogP contribution in [0.1, 0.15) is 53.5 Å². The highest BCUT2D eigenvalue weighted by Crippen LogP contribution is 2.50. The lowest BCUT2D eigenvalue weighted by Crippen LogP contribution is -2.22. The van der Waals surface area contributed by atoms with Gasteiger partial charge in [-0.3, -0.25) is 4.79 Å². The number of carbonyl (C=O) groups excluding carboxylic acids is 1. The normalized spacial score (nSPS) is 15.0. The summed E-state index contributed by atoms with van der Waals surface area (Å²) in [5, 5.41) is 0.742. The molecule has 0 atom stereocenters. The summed E-state index contributed by atoms with van der Waals surface area (Å²) < 4.78 is 6.00. The smallest absolute Gasteiger partial charge is 0.134 e. The first kappa shape index (κ1) is 19.4. The molecule has 0 spiro atoms. The van der Waals surface area contributed by atoms with Crippen LogP contribution in [0.5, 0.6) is 5.75 Å². The predicted octanol–water partition coefficient (Wildman–Crippen LogP) is 6.90. The summed E-state index contributed by atoms with van der Waals surface area (Å²) >= 11 is 6.73. The minimum atomic E-state index is 0.199. The first-order valence-electron chi connectivity index (χ1n) is 10.6. The first-order chi connectivity index (χ1) is 14.5. The maximum Gasteiger partial charge on any atom is 0.134 e. The van der Waals surface area contributed by atoms with Gasteiger partial charge in [-0.1, -0.05) is 54.9 Å². The monoisotopic (exact) mass is 416 g/mol. The van der Waals surface area contributed by atoms with Crippen LogP contribution in [0, 0.1) is 6.92 Å². The summed E-state index contributed by atoms with van der Waals surface area (Å²) in [6, 6.07) is 15.3. The van der Waals surface area contributed by atoms with Crippen molar-refractivity contribution in [1.29, 1.82) is 0 Å². The second kappa shape index (κ2) is 7.28. The van der Waals surface area contributed by atoms with Gasteiger partial charge in [0.1, 0.15) is 11.5 Å². The summed E-state index contributed by atoms with van der Waals surface area (Å²) in [4.78, 5) is 11.7. The standard InChI is InChI=1S/C27H25ClO2/c1-4-16-9-21-20-8-6-5-7-17(20)13-23(21)22(10-16)24-14-25(28)15(2)26(27(24)30-3)18-11-19(29)12-18/h5-10,14,18H,4,11-13H2,1-3H3. The lowest BCUT2D eigenvalue weighted by atomic mass is 9.75. The number of rotatable bonds is 4. The second-order valence-corrected chi connectivity index (χ2v) is 8.89. The van der Waals surface area contributed by atoms with Crippen molar-refractivity contribution in [2.75, 3.05) is 7.11 Å². The highest BCUT2D eigenvalue weighted by atomic mass is 35.5. The molecular formula is C27H25ClO2. The lowest BCUT2D eigenvalue weighted by molar-refractivity contribution is -0.124. The van der Waals surface area contributed by atoms with Crippen molar-refractivity contribution >= 4 is 17.4 Å². The number of hydrogen-bond donors (Lipinski definition) is 0. The van der Waals surface area contributed by atoms with E-state index in [4.69, 9.17) is 16.3 Å². The van der Waals surface area contributed by atoms with Crippen molar-refractivity contribution in [1.82, 2.24) is 0 Å². The van der Waals surface area contributed by atoms with Gasteiger partial charge >= 0.3 is 0 Å². The number of hydrogen-bond acceptors (Lipinski definition) is 2. The van der Waals surface area contributed by atoms with Crippen LogP contribution >= 0.6 is 11.6 Å². The van der Waals surface area contributed by atoms with Gasteiger partial charge in [0.25, 0.3) is 0 Å². The number of halogens is 1. The van der Waals surface area contributed by atoms with Gasteiger partial charge in [-0.2, -0.15) is 0 Å². The number of fused-ring (bicyclic) bond motifs is 3. The second-order valence-electron chi connectivity index (χ2n) is 8.48. The number of ether oxygens (including phenoxy) is 1. The number of Topliss-reactive ketones (excluding diaryl/α,β-unsaturated/α-hetero) is 1. The fourth-order valence-electron chi connectivity index (χ4n) is 5.08. The number of aryl methyl sites for hydroxylation is 1. The highest BCUT2D eigenvalue weighted by Gasteiger charge is 2.34. The van der Waals surface area contributed by atoms with E-state index in [9.17, 15) is 4.79 Å². The van der Waals surface area contributed by atoms with Crippen LogP contribution in [-0.2, 0) is 17.6 Å². The summed E-state index contributed by atoms with van der Waals surface area (Å²) in [7, 11) is 1.73. The van der Waals surface area contributed by atoms with E-state index in [2.05, 4.69) is 49.4 Å². The molecule has 0 heterocycles. The molecule has 0 bridgehead atoms. The summed E-state index contributed by atoms with van der Waals surface area (Å²) in [6.07, 6.45) is 3.04. The van der Waals surface area contributed by atoms with Crippen molar-refractivity contribution in [3.05, 3.63) is 75.3 Å². The van der Waals surface area contributed by atoms with Crippen LogP contribution in [0.3, 0.4) is 0 Å². The third kappa shape index (κ3) is 2.89. The van der Waals surface area contributed by atoms with E-state index in [1.165, 1.54) is 33.4 Å². The van der Waals surface area contributed by atoms with Crippen molar-refractivity contribution in [2.24, 2.45) is 0 Å². The molecule has 2 nitrogen and oxygen atoms in total. The van der Waals surface area contributed by atoms with Gasteiger partial charge in [0.15, 0.2) is 0 Å². The van der Waals surface area contributed by atoms with Crippen molar-refractivity contribution < 1.29 is 9.53 Å². The number of ketones is 1. The molecule has 3 aromatic carbocycles. The van der Waals surface area contributed by atoms with Crippen LogP contribution in [0.15, 0.2) is 42.5 Å². The van der Waals surface area contributed by atoms with E-state index >= 15 is 0 Å². The molecule has 1 fully saturated rings. The Morgan fingerprint density at radius 2 is 1.73 bits per heavy atom. The quantitative estimate of drug-likeness (QED) is 0.361. The van der Waals surface area contributed by atoms with E-state index in [1.807, 2.05) is 6.92 Å². The van der Waals surface area contributed by atoms with Gasteiger partial charge in [0, 0.05) is 34.9 Å². The Morgan fingerprint density at radius 1 is 1.03 bits per heavy atom. The summed E-state index contributed by atoms with van der Waals surface area (Å²) in [6.45, 7) is 4.23. The zero-order valence-electron chi connectivity index (χ0n) is 17.6. The van der Waals surface area contributed by atoms with E-state index < -0.39 is 0 Å². The maximum absolute atomic E-state index is 11.7. The predicted molar refractivity (Wildman–Crippen MR) is 123 cm³/mol. The molecule has 0 aromatic heterocycles. The van der Waals surface area contributed by atoms with Gasteiger partial charge in [0.05, 0.1) is 7.11 Å². The molecule has 0 unspecified atom stereocenters. The van der Waals surface area contributed by atoms with Gasteiger partial charge in [-0.05, 0) is 64.8 Å². The van der Waals surface area contributed by atoms with Crippen molar-refractivity contribution in [3.63, 3.8) is 0 Å². The van der Waals surface area contributed by atoms with Crippen LogP contribution < -0.4 is 4.74 Å². The third-order valence-electron chi connectivity index (χ3n) is 6.77. The Balaban J connectivity index is 1.77. The van der Waals surface area contributed by atoms with Gasteiger partial charge < -0.3 is 4.74 Å². The number of benzene rings is 3. The lowest BCUT2D eigenvalue weighted by Gasteiger charge is -2.30. The van der Waals surface area contributed by atoms with Crippen molar-refractivity contribution in [3.8, 4) is 28.0 Å². The van der Waals surface area contributed by atoms with Crippen LogP contribution in [0.25, 0.3) is 22.3 Å². The Labute approximate surface area is 182 Å². The highest BCUT2D eigenvalue weighted by molar-refractivity contribution is 6.32. The molecule has 152 valence electrons. The van der Waals surface area contributed by atoms with E-state index in [-0.39, 0.29) is 5.92 Å². The summed E-state index contributed by atoms with van der Waals surface area (Å²) in [5.74, 6) is 1.39. The molecule has 0 amide bonds. The van der Waals surface area contributed by atoms with Crippen LogP contribution in [0.2, 0.25) is 5.02 Å². The minimum absolute atomic E-state index is 0.199. The molecule has 3 heteroatoms. The van der Waals surface area contributed by atoms with Gasteiger partial charge in [-0.15, -0.1) is 0 Å². The number of methoxy groups -OCH3 is 1. The van der Waals surface area contributed by atoms with Crippen LogP contribution in [0.4, 0.5) is 0 Å². The minimum Gasteiger partial charge on any atom is -0.496 e. The Morgan fingerprint density at radius 3 is 2.40 bits per heavy atom. The van der Waals surface area contributed by atoms with Gasteiger partial charge in [-0.25, -0.2) is 0 Å². The topological polar surface area (TPSA) is 26.3 Å². The Hall–Kier alpha value is -2.58.